The fraction of sp³-hybridized carbons (Fsp3) is 0. The van der Waals surface area contributed by atoms with Gasteiger partial charge in [-0.15, -0.1) is 0 Å². The van der Waals surface area contributed by atoms with E-state index in [0.717, 1.165) is 72.8 Å². The molecule has 0 saturated heterocycles. The summed E-state index contributed by atoms with van der Waals surface area (Å²) < 4.78 is 0. The lowest BCUT2D eigenvalue weighted by Crippen LogP contribution is -2.01. The van der Waals surface area contributed by atoms with E-state index in [9.17, 15) is 80.9 Å². The molecule has 9 rings (SSSR count). The topological polar surface area (TPSA) is 402 Å². The lowest BCUT2D eigenvalue weighted by molar-refractivity contribution is -0.393. The first kappa shape index (κ1) is 45.8. The molecule has 5 heterocycles. The molecule has 0 spiro atoms. The highest BCUT2D eigenvalue weighted by Gasteiger charge is 2.36. The molecule has 2 aliphatic rings. The fourth-order valence-corrected chi connectivity index (χ4v) is 8.61. The summed E-state index contributed by atoms with van der Waals surface area (Å²) in [6.45, 7) is 0. The summed E-state index contributed by atoms with van der Waals surface area (Å²) in [5.41, 5.74) is -13.7. The fourth-order valence-electron chi connectivity index (χ4n) is 8.61. The number of nitro benzene ring substituents is 8. The number of hydrogen-bond acceptors (Lipinski definition) is 18. The van der Waals surface area contributed by atoms with Gasteiger partial charge in [-0.05, 0) is 72.8 Å². The summed E-state index contributed by atoms with van der Waals surface area (Å²) in [6, 6.07) is 16.4. The highest BCUT2D eigenvalue weighted by molar-refractivity contribution is 6.05. The van der Waals surface area contributed by atoms with Crippen LogP contribution in [0.15, 0.2) is 97.1 Å². The van der Waals surface area contributed by atoms with Crippen LogP contribution in [0.4, 0.5) is 45.5 Å². The van der Waals surface area contributed by atoms with Crippen LogP contribution in [-0.2, 0) is 0 Å². The number of rotatable bonds is 12. The van der Waals surface area contributed by atoms with Crippen molar-refractivity contribution in [3.8, 4) is 44.5 Å². The Morgan fingerprint density at radius 3 is 0.583 bits per heavy atom. The number of benzene rings is 4. The molecule has 7 aromatic rings. The Morgan fingerprint density at radius 2 is 0.431 bits per heavy atom. The zero-order valence-corrected chi connectivity index (χ0v) is 35.6. The lowest BCUT2D eigenvalue weighted by atomic mass is 9.99. The van der Waals surface area contributed by atoms with Gasteiger partial charge in [-0.3, -0.25) is 80.9 Å². The van der Waals surface area contributed by atoms with E-state index in [-0.39, 0.29) is 44.8 Å². The average Bonchev–Trinajstić information content (AvgIpc) is 4.19. The third-order valence-electron chi connectivity index (χ3n) is 11.4. The predicted octanol–water partition coefficient (Wildman–Crippen LogP) is 10.6. The van der Waals surface area contributed by atoms with Crippen LogP contribution in [0, 0.1) is 80.9 Å². The number of aromatic amines is 2. The summed E-state index contributed by atoms with van der Waals surface area (Å²) in [6.07, 6.45) is 4.68. The van der Waals surface area contributed by atoms with Gasteiger partial charge >= 0.3 is 0 Å². The smallest absolute Gasteiger partial charge is 0.284 e. The molecule has 0 amide bonds. The molecule has 0 radical (unpaired) electrons. The van der Waals surface area contributed by atoms with Gasteiger partial charge < -0.3 is 9.97 Å². The molecule has 0 fully saturated rings. The van der Waals surface area contributed by atoms with Crippen molar-refractivity contribution >= 4 is 91.9 Å². The number of nitrogens with zero attached hydrogens (tertiary/aromatic N) is 10. The van der Waals surface area contributed by atoms with Crippen molar-refractivity contribution in [3.63, 3.8) is 0 Å². The molecule has 0 saturated carbocycles. The Hall–Kier alpha value is -11.3. The van der Waals surface area contributed by atoms with Crippen LogP contribution < -0.4 is 0 Å². The average molecular weight is 975 g/mol. The molecular formula is C44H22N12O16. The van der Waals surface area contributed by atoms with Crippen LogP contribution in [-0.4, -0.2) is 59.3 Å². The van der Waals surface area contributed by atoms with Crippen LogP contribution in [0.3, 0.4) is 0 Å². The summed E-state index contributed by atoms with van der Waals surface area (Å²) in [4.78, 5) is 110. The largest absolute Gasteiger partial charge is 0.354 e. The van der Waals surface area contributed by atoms with Gasteiger partial charge in [0.2, 0.25) is 0 Å². The molecule has 2 N–H and O–H groups in total. The second-order valence-electron chi connectivity index (χ2n) is 15.2. The van der Waals surface area contributed by atoms with Crippen LogP contribution >= 0.6 is 0 Å². The molecule has 0 atom stereocenters. The molecule has 28 nitrogen and oxygen atoms in total. The minimum absolute atomic E-state index is 0.271. The molecule has 4 aromatic carbocycles. The van der Waals surface area contributed by atoms with E-state index < -0.39 is 129 Å². The summed E-state index contributed by atoms with van der Waals surface area (Å²) >= 11 is 0. The van der Waals surface area contributed by atoms with Crippen molar-refractivity contribution in [3.05, 3.63) is 201 Å². The van der Waals surface area contributed by atoms with Gasteiger partial charge in [0.15, 0.2) is 0 Å². The second-order valence-corrected chi connectivity index (χ2v) is 15.2. The molecule has 72 heavy (non-hydrogen) atoms. The summed E-state index contributed by atoms with van der Waals surface area (Å²) in [7, 11) is 0. The molecular weight excluding hydrogens is 953 g/mol. The van der Waals surface area contributed by atoms with E-state index in [1.807, 2.05) is 0 Å². The number of fused-ring (bicyclic) bond motifs is 8. The van der Waals surface area contributed by atoms with Crippen LogP contribution in [0.25, 0.3) is 90.9 Å². The number of hydrogen-bond donors (Lipinski definition) is 2. The van der Waals surface area contributed by atoms with Crippen molar-refractivity contribution in [2.45, 2.75) is 0 Å². The highest BCUT2D eigenvalue weighted by Crippen LogP contribution is 2.49. The van der Waals surface area contributed by atoms with Crippen molar-refractivity contribution in [2.75, 3.05) is 0 Å². The predicted molar refractivity (Wildman–Crippen MR) is 254 cm³/mol. The molecule has 2 aliphatic heterocycles. The first-order valence-corrected chi connectivity index (χ1v) is 20.2. The Bertz CT molecular complexity index is 3310. The van der Waals surface area contributed by atoms with Crippen LogP contribution in [0.5, 0.6) is 0 Å². The van der Waals surface area contributed by atoms with E-state index in [1.165, 1.54) is 48.6 Å². The van der Waals surface area contributed by atoms with Gasteiger partial charge in [0.05, 0.1) is 62.2 Å². The van der Waals surface area contributed by atoms with E-state index >= 15 is 0 Å². The van der Waals surface area contributed by atoms with E-state index in [0.29, 0.717) is 0 Å². The minimum Gasteiger partial charge on any atom is -0.354 e. The van der Waals surface area contributed by atoms with Gasteiger partial charge in [-0.25, -0.2) is 9.97 Å². The summed E-state index contributed by atoms with van der Waals surface area (Å²) in [5.74, 6) is 0. The van der Waals surface area contributed by atoms with Crippen molar-refractivity contribution in [2.24, 2.45) is 0 Å². The summed E-state index contributed by atoms with van der Waals surface area (Å²) in [5, 5.41) is 102. The van der Waals surface area contributed by atoms with Crippen molar-refractivity contribution < 1.29 is 39.4 Å². The first-order chi connectivity index (χ1) is 34.4. The standard InChI is InChI=1S/C44H22N12O16/c57-49(58)29-5-1-6-30(50(59)60)41(29)37-21-13-15-23(45-21)38(42-31(51(61)62)7-2-8-32(42)52(63)64)25-17-19-27(47-25)40(44-35(55(69)70)11-4-12-36(44)56(71)72)28-20-18-26(48-28)39(24-16-14-22(37)46-24)43-33(53(65)66)9-3-10-34(43)54(67)68/h1-20,45,48H. The van der Waals surface area contributed by atoms with Gasteiger partial charge in [-0.2, -0.15) is 0 Å². The number of nitrogens with one attached hydrogen (secondary N) is 2. The Kier molecular flexibility index (Phi) is 11.1. The molecule has 0 aliphatic carbocycles. The van der Waals surface area contributed by atoms with Crippen molar-refractivity contribution in [1.82, 2.24) is 19.9 Å². The minimum atomic E-state index is -0.935. The normalized spacial score (nSPS) is 11.6. The van der Waals surface area contributed by atoms with Gasteiger partial charge in [0.1, 0.15) is 22.3 Å². The van der Waals surface area contributed by atoms with E-state index in [1.54, 1.807) is 0 Å². The number of H-pyrrole nitrogens is 2. The quantitative estimate of drug-likeness (QED) is 0.0848. The Labute approximate surface area is 395 Å². The van der Waals surface area contributed by atoms with E-state index in [2.05, 4.69) is 19.9 Å². The Morgan fingerprint density at radius 1 is 0.264 bits per heavy atom. The maximum atomic E-state index is 12.7. The van der Waals surface area contributed by atoms with Crippen LogP contribution in [0.1, 0.15) is 22.8 Å². The van der Waals surface area contributed by atoms with Gasteiger partial charge in [0, 0.05) is 92.9 Å². The Balaban J connectivity index is 1.63. The third kappa shape index (κ3) is 7.56. The third-order valence-corrected chi connectivity index (χ3v) is 11.4. The highest BCUT2D eigenvalue weighted by atomic mass is 16.7. The lowest BCUT2D eigenvalue weighted by Gasteiger charge is -2.09. The van der Waals surface area contributed by atoms with Crippen LogP contribution in [0.2, 0.25) is 0 Å². The molecule has 3 aromatic heterocycles. The van der Waals surface area contributed by atoms with Gasteiger partial charge in [-0.1, -0.05) is 0 Å². The maximum absolute atomic E-state index is 12.7. The SMILES string of the molecule is O=[N+]([O-])c1cccc([N+](=O)[O-])c1-c1c2nc(c(-c3c([N+](=O)[O-])cccc3[N+](=O)[O-])c3ccc([nH]3)c(-c3c([N+](=O)[O-])cccc3[N+](=O)[O-])c3nc(c(-c4c([N+](=O)[O-])cccc4[N+](=O)[O-])c4ccc1[nH]4)C=C3)C=C2. The number of nitro groups is 8. The first-order valence-electron chi connectivity index (χ1n) is 20.2. The molecule has 28 heteroatoms. The molecule has 0 unspecified atom stereocenters. The zero-order chi connectivity index (χ0) is 51.4. The second kappa shape index (κ2) is 17.4. The monoisotopic (exact) mass is 974 g/mol. The zero-order valence-electron chi connectivity index (χ0n) is 35.6. The van der Waals surface area contributed by atoms with Crippen molar-refractivity contribution in [1.29, 1.82) is 0 Å². The number of aromatic nitrogens is 4. The van der Waals surface area contributed by atoms with Gasteiger partial charge in [0.25, 0.3) is 45.5 Å². The molecule has 8 bridgehead atoms. The van der Waals surface area contributed by atoms with E-state index in [4.69, 9.17) is 0 Å². The maximum Gasteiger partial charge on any atom is 0.284 e. The molecule has 354 valence electrons.